The summed E-state index contributed by atoms with van der Waals surface area (Å²) in [4.78, 5) is 0. The van der Waals surface area contributed by atoms with E-state index in [0.717, 1.165) is 18.4 Å². The van der Waals surface area contributed by atoms with Gasteiger partial charge in [-0.05, 0) is 18.1 Å². The topological polar surface area (TPSA) is 26.0 Å². The summed E-state index contributed by atoms with van der Waals surface area (Å²) >= 11 is 17.8. The van der Waals surface area contributed by atoms with Gasteiger partial charge in [0.15, 0.2) is 0 Å². The average molecular weight is 253 g/mol. The first-order valence-electron chi connectivity index (χ1n) is 4.46. The van der Waals surface area contributed by atoms with E-state index in [1.807, 2.05) is 6.07 Å². The van der Waals surface area contributed by atoms with Crippen LogP contribution in [0.15, 0.2) is 12.1 Å². The molecule has 0 spiro atoms. The second-order valence-electron chi connectivity index (χ2n) is 3.16. The molecule has 0 aliphatic carbocycles. The van der Waals surface area contributed by atoms with E-state index in [1.165, 1.54) is 0 Å². The molecule has 1 rings (SSSR count). The van der Waals surface area contributed by atoms with E-state index in [0.29, 0.717) is 15.1 Å². The molecule has 1 aromatic carbocycles. The normalized spacial score (nSPS) is 12.9. The Balaban J connectivity index is 3.04. The summed E-state index contributed by atoms with van der Waals surface area (Å²) in [5.74, 6) is 0. The second-order valence-corrected chi connectivity index (χ2v) is 4.32. The molecule has 0 saturated heterocycles. The van der Waals surface area contributed by atoms with Crippen LogP contribution >= 0.6 is 34.8 Å². The van der Waals surface area contributed by atoms with Gasteiger partial charge in [-0.15, -0.1) is 0 Å². The maximum atomic E-state index is 6.03. The van der Waals surface area contributed by atoms with Crippen molar-refractivity contribution in [2.24, 2.45) is 5.73 Å². The highest BCUT2D eigenvalue weighted by molar-refractivity contribution is 6.48. The predicted molar refractivity (Wildman–Crippen MR) is 63.3 cm³/mol. The lowest BCUT2D eigenvalue weighted by Gasteiger charge is -2.13. The van der Waals surface area contributed by atoms with Crippen molar-refractivity contribution in [2.45, 2.75) is 25.8 Å². The van der Waals surface area contributed by atoms with E-state index in [1.54, 1.807) is 6.07 Å². The highest BCUT2D eigenvalue weighted by Gasteiger charge is 2.13. The zero-order valence-corrected chi connectivity index (χ0v) is 10.1. The van der Waals surface area contributed by atoms with Crippen LogP contribution in [0.4, 0.5) is 0 Å². The first-order valence-corrected chi connectivity index (χ1v) is 5.60. The van der Waals surface area contributed by atoms with Crippen LogP contribution < -0.4 is 5.73 Å². The largest absolute Gasteiger partial charge is 0.324 e. The van der Waals surface area contributed by atoms with Gasteiger partial charge in [0.2, 0.25) is 0 Å². The maximum Gasteiger partial charge on any atom is 0.0781 e. The molecule has 0 saturated carbocycles. The molecular weight excluding hydrogens is 240 g/mol. The van der Waals surface area contributed by atoms with Crippen LogP contribution in [0, 0.1) is 0 Å². The van der Waals surface area contributed by atoms with E-state index >= 15 is 0 Å². The van der Waals surface area contributed by atoms with Crippen LogP contribution in [0.1, 0.15) is 31.4 Å². The van der Waals surface area contributed by atoms with E-state index in [9.17, 15) is 0 Å². The first kappa shape index (κ1) is 12.1. The van der Waals surface area contributed by atoms with Crippen molar-refractivity contribution in [3.8, 4) is 0 Å². The molecule has 14 heavy (non-hydrogen) atoms. The molecule has 4 heteroatoms. The van der Waals surface area contributed by atoms with Gasteiger partial charge in [-0.1, -0.05) is 54.2 Å². The van der Waals surface area contributed by atoms with Crippen LogP contribution in [0.25, 0.3) is 0 Å². The minimum absolute atomic E-state index is 0.0673. The second kappa shape index (κ2) is 5.22. The SMILES string of the molecule is CCCC(N)c1ccc(Cl)c(Cl)c1Cl. The van der Waals surface area contributed by atoms with Crippen LogP contribution in [-0.2, 0) is 0 Å². The summed E-state index contributed by atoms with van der Waals surface area (Å²) in [6.07, 6.45) is 1.90. The Kier molecular flexibility index (Phi) is 4.52. The lowest BCUT2D eigenvalue weighted by Crippen LogP contribution is -2.10. The zero-order valence-electron chi connectivity index (χ0n) is 7.86. The number of benzene rings is 1. The van der Waals surface area contributed by atoms with Gasteiger partial charge >= 0.3 is 0 Å². The number of halogens is 3. The molecular formula is C10H12Cl3N. The van der Waals surface area contributed by atoms with Gasteiger partial charge in [0.25, 0.3) is 0 Å². The maximum absolute atomic E-state index is 6.03. The van der Waals surface area contributed by atoms with Gasteiger partial charge in [-0.2, -0.15) is 0 Å². The summed E-state index contributed by atoms with van der Waals surface area (Å²) in [7, 11) is 0. The molecule has 0 heterocycles. The fraction of sp³-hybridized carbons (Fsp3) is 0.400. The average Bonchev–Trinajstić information content (AvgIpc) is 2.15. The molecule has 0 fully saturated rings. The van der Waals surface area contributed by atoms with E-state index in [2.05, 4.69) is 6.92 Å². The Morgan fingerprint density at radius 3 is 2.43 bits per heavy atom. The minimum Gasteiger partial charge on any atom is -0.324 e. The van der Waals surface area contributed by atoms with Crippen molar-refractivity contribution >= 4 is 34.8 Å². The Labute approximate surface area is 99.1 Å². The summed E-state index contributed by atoms with van der Waals surface area (Å²) in [6, 6.07) is 3.49. The van der Waals surface area contributed by atoms with Gasteiger partial charge in [-0.3, -0.25) is 0 Å². The lowest BCUT2D eigenvalue weighted by molar-refractivity contribution is 0.639. The predicted octanol–water partition coefficient (Wildman–Crippen LogP) is 4.45. The van der Waals surface area contributed by atoms with Crippen LogP contribution in [-0.4, -0.2) is 0 Å². The Morgan fingerprint density at radius 2 is 1.86 bits per heavy atom. The zero-order chi connectivity index (χ0) is 10.7. The molecule has 0 aliphatic rings. The molecule has 1 atom stereocenters. The summed E-state index contributed by atoms with van der Waals surface area (Å²) in [5, 5.41) is 1.32. The Hall–Kier alpha value is 0.0500. The smallest absolute Gasteiger partial charge is 0.0781 e. The third-order valence-corrected chi connectivity index (χ3v) is 3.37. The molecule has 0 amide bonds. The summed E-state index contributed by atoms with van der Waals surface area (Å²) < 4.78 is 0. The van der Waals surface area contributed by atoms with Gasteiger partial charge in [0.1, 0.15) is 0 Å². The minimum atomic E-state index is -0.0673. The molecule has 2 N–H and O–H groups in total. The summed E-state index contributed by atoms with van der Waals surface area (Å²) in [5.41, 5.74) is 6.80. The first-order chi connectivity index (χ1) is 6.57. The lowest BCUT2D eigenvalue weighted by atomic mass is 10.0. The highest BCUT2D eigenvalue weighted by Crippen LogP contribution is 2.35. The van der Waals surface area contributed by atoms with Crippen molar-refractivity contribution < 1.29 is 0 Å². The quantitative estimate of drug-likeness (QED) is 0.791. The number of hydrogen-bond acceptors (Lipinski definition) is 1. The highest BCUT2D eigenvalue weighted by atomic mass is 35.5. The van der Waals surface area contributed by atoms with E-state index in [-0.39, 0.29) is 6.04 Å². The van der Waals surface area contributed by atoms with Crippen LogP contribution in [0.2, 0.25) is 15.1 Å². The monoisotopic (exact) mass is 251 g/mol. The summed E-state index contributed by atoms with van der Waals surface area (Å²) in [6.45, 7) is 2.07. The van der Waals surface area contributed by atoms with Crippen molar-refractivity contribution in [3.63, 3.8) is 0 Å². The fourth-order valence-electron chi connectivity index (χ4n) is 1.29. The Bertz CT molecular complexity index is 325. The molecule has 0 aliphatic heterocycles. The van der Waals surface area contributed by atoms with Crippen molar-refractivity contribution in [1.82, 2.24) is 0 Å². The molecule has 0 aromatic heterocycles. The third-order valence-electron chi connectivity index (χ3n) is 2.06. The van der Waals surface area contributed by atoms with Gasteiger partial charge < -0.3 is 5.73 Å². The third kappa shape index (κ3) is 2.54. The molecule has 1 nitrogen and oxygen atoms in total. The van der Waals surface area contributed by atoms with Gasteiger partial charge in [-0.25, -0.2) is 0 Å². The van der Waals surface area contributed by atoms with Crippen molar-refractivity contribution in [3.05, 3.63) is 32.8 Å². The van der Waals surface area contributed by atoms with Crippen molar-refractivity contribution in [2.75, 3.05) is 0 Å². The molecule has 1 aromatic rings. The van der Waals surface area contributed by atoms with E-state index < -0.39 is 0 Å². The van der Waals surface area contributed by atoms with Crippen molar-refractivity contribution in [1.29, 1.82) is 0 Å². The van der Waals surface area contributed by atoms with Crippen LogP contribution in [0.5, 0.6) is 0 Å². The van der Waals surface area contributed by atoms with E-state index in [4.69, 9.17) is 40.5 Å². The molecule has 78 valence electrons. The molecule has 0 radical (unpaired) electrons. The molecule has 0 bridgehead atoms. The van der Waals surface area contributed by atoms with Gasteiger partial charge in [0, 0.05) is 6.04 Å². The standard InChI is InChI=1S/C10H12Cl3N/c1-2-3-8(14)6-4-5-7(11)10(13)9(6)12/h4-5,8H,2-3,14H2,1H3. The Morgan fingerprint density at radius 1 is 1.21 bits per heavy atom. The number of hydrogen-bond donors (Lipinski definition) is 1. The molecule has 1 unspecified atom stereocenters. The van der Waals surface area contributed by atoms with Gasteiger partial charge in [0.05, 0.1) is 15.1 Å². The number of nitrogens with two attached hydrogens (primary N) is 1. The number of rotatable bonds is 3. The fourth-order valence-corrected chi connectivity index (χ4v) is 1.98. The van der Waals surface area contributed by atoms with Crippen LogP contribution in [0.3, 0.4) is 0 Å².